The molecular formula is C22H18ClN5O3S. The van der Waals surface area contributed by atoms with E-state index in [4.69, 9.17) is 16.3 Å². The first-order valence-electron chi connectivity index (χ1n) is 9.49. The van der Waals surface area contributed by atoms with Gasteiger partial charge in [0.05, 0.1) is 17.8 Å². The molecule has 0 aliphatic carbocycles. The molecule has 0 aliphatic rings. The second-order valence-electron chi connectivity index (χ2n) is 6.64. The fraction of sp³-hybridized carbons (Fsp3) is 0.0909. The van der Waals surface area contributed by atoms with Crippen LogP contribution in [0, 0.1) is 0 Å². The van der Waals surface area contributed by atoms with Gasteiger partial charge in [-0.2, -0.15) is 4.68 Å². The third-order valence-electron chi connectivity index (χ3n) is 4.52. The Morgan fingerprint density at radius 2 is 1.88 bits per heavy atom. The highest BCUT2D eigenvalue weighted by Gasteiger charge is 2.25. The summed E-state index contributed by atoms with van der Waals surface area (Å²) in [4.78, 5) is 13.3. The number of aromatic nitrogens is 4. The number of aromatic hydroxyl groups is 1. The zero-order valence-corrected chi connectivity index (χ0v) is 18.4. The molecule has 0 bridgehead atoms. The van der Waals surface area contributed by atoms with Gasteiger partial charge >= 0.3 is 0 Å². The van der Waals surface area contributed by atoms with Gasteiger partial charge in [-0.15, -0.1) is 5.10 Å². The van der Waals surface area contributed by atoms with Gasteiger partial charge in [0.2, 0.25) is 11.1 Å². The zero-order valence-electron chi connectivity index (χ0n) is 16.8. The van der Waals surface area contributed by atoms with Crippen molar-refractivity contribution in [1.29, 1.82) is 0 Å². The fourth-order valence-corrected chi connectivity index (χ4v) is 4.22. The monoisotopic (exact) mass is 467 g/mol. The van der Waals surface area contributed by atoms with Crippen LogP contribution in [0.25, 0.3) is 5.69 Å². The quantitative estimate of drug-likeness (QED) is 0.386. The van der Waals surface area contributed by atoms with Crippen LogP contribution in [0.2, 0.25) is 5.02 Å². The maximum Gasteiger partial charge on any atom is 0.242 e. The van der Waals surface area contributed by atoms with E-state index in [2.05, 4.69) is 20.8 Å². The van der Waals surface area contributed by atoms with Gasteiger partial charge in [0.15, 0.2) is 0 Å². The molecule has 8 nitrogen and oxygen atoms in total. The number of hydrogen-bond donors (Lipinski definition) is 2. The lowest BCUT2D eigenvalue weighted by atomic mass is 10.1. The van der Waals surface area contributed by atoms with Gasteiger partial charge in [0.1, 0.15) is 16.7 Å². The average Bonchev–Trinajstić information content (AvgIpc) is 3.27. The Bertz CT molecular complexity index is 1220. The van der Waals surface area contributed by atoms with E-state index in [0.29, 0.717) is 27.3 Å². The highest BCUT2D eigenvalue weighted by molar-refractivity contribution is 8.00. The van der Waals surface area contributed by atoms with Gasteiger partial charge in [-0.3, -0.25) is 4.79 Å². The van der Waals surface area contributed by atoms with Gasteiger partial charge in [0.25, 0.3) is 0 Å². The van der Waals surface area contributed by atoms with Crippen LogP contribution in [-0.4, -0.2) is 38.3 Å². The molecule has 0 saturated carbocycles. The van der Waals surface area contributed by atoms with Crippen molar-refractivity contribution >= 4 is 35.0 Å². The summed E-state index contributed by atoms with van der Waals surface area (Å²) in [5, 5.41) is 24.5. The van der Waals surface area contributed by atoms with E-state index in [1.807, 2.05) is 30.3 Å². The first kappa shape index (κ1) is 21.7. The molecule has 4 rings (SSSR count). The van der Waals surface area contributed by atoms with Gasteiger partial charge in [-0.25, -0.2) is 0 Å². The number of benzene rings is 3. The maximum absolute atomic E-state index is 13.3. The number of nitrogens with one attached hydrogen (secondary N) is 1. The van der Waals surface area contributed by atoms with Crippen LogP contribution in [0.4, 0.5) is 5.69 Å². The van der Waals surface area contributed by atoms with Crippen LogP contribution in [0.15, 0.2) is 78.0 Å². The number of carbonyl (C=O) groups excluding carboxylic acids is 1. The minimum absolute atomic E-state index is 0.135. The molecule has 0 fully saturated rings. The van der Waals surface area contributed by atoms with E-state index in [1.54, 1.807) is 42.5 Å². The predicted octanol–water partition coefficient (Wildman–Crippen LogP) is 4.50. The number of nitrogens with zero attached hydrogens (tertiary/aromatic N) is 4. The molecule has 0 radical (unpaired) electrons. The normalized spacial score (nSPS) is 11.7. The first-order valence-corrected chi connectivity index (χ1v) is 10.7. The van der Waals surface area contributed by atoms with Gasteiger partial charge in [-0.1, -0.05) is 53.7 Å². The molecule has 0 unspecified atom stereocenters. The topological polar surface area (TPSA) is 102 Å². The highest BCUT2D eigenvalue weighted by atomic mass is 35.5. The van der Waals surface area contributed by atoms with Crippen molar-refractivity contribution in [2.75, 3.05) is 12.4 Å². The van der Waals surface area contributed by atoms with Crippen molar-refractivity contribution in [2.24, 2.45) is 0 Å². The Hall–Kier alpha value is -3.56. The standard InChI is InChI=1S/C22H18ClN5O3S/c1-31-19-12-7-15(13-18(19)23)24-21(30)20(14-5-3-2-4-6-14)32-22-25-26-27-28(22)16-8-10-17(29)11-9-16/h2-13,20,29H,1H3,(H,24,30)/t20-/m1/s1. The molecule has 32 heavy (non-hydrogen) atoms. The molecule has 162 valence electrons. The van der Waals surface area contributed by atoms with E-state index in [0.717, 1.165) is 5.56 Å². The van der Waals surface area contributed by atoms with Crippen LogP contribution < -0.4 is 10.1 Å². The van der Waals surface area contributed by atoms with Crippen LogP contribution >= 0.6 is 23.4 Å². The SMILES string of the molecule is COc1ccc(NC(=O)[C@H](Sc2nnnn2-c2ccc(O)cc2)c2ccccc2)cc1Cl. The maximum atomic E-state index is 13.3. The number of tetrazole rings is 1. The van der Waals surface area contributed by atoms with E-state index in [-0.39, 0.29) is 11.7 Å². The Morgan fingerprint density at radius 1 is 1.12 bits per heavy atom. The smallest absolute Gasteiger partial charge is 0.242 e. The number of rotatable bonds is 7. The molecule has 3 aromatic carbocycles. The number of halogens is 1. The molecule has 10 heteroatoms. The summed E-state index contributed by atoms with van der Waals surface area (Å²) in [6, 6.07) is 20.8. The van der Waals surface area contributed by atoms with Crippen molar-refractivity contribution in [2.45, 2.75) is 10.4 Å². The number of hydrogen-bond acceptors (Lipinski definition) is 7. The number of phenols is 1. The summed E-state index contributed by atoms with van der Waals surface area (Å²) in [5.41, 5.74) is 1.99. The number of phenolic OH excluding ortho intramolecular Hbond substituents is 1. The highest BCUT2D eigenvalue weighted by Crippen LogP contribution is 2.36. The molecule has 1 heterocycles. The van der Waals surface area contributed by atoms with Crippen molar-refractivity contribution in [1.82, 2.24) is 20.2 Å². The summed E-state index contributed by atoms with van der Waals surface area (Å²) < 4.78 is 6.68. The molecule has 4 aromatic rings. The van der Waals surface area contributed by atoms with Crippen molar-refractivity contribution in [3.8, 4) is 17.2 Å². The lowest BCUT2D eigenvalue weighted by Crippen LogP contribution is -2.19. The van der Waals surface area contributed by atoms with Crippen LogP contribution in [-0.2, 0) is 4.79 Å². The minimum Gasteiger partial charge on any atom is -0.508 e. The van der Waals surface area contributed by atoms with Crippen molar-refractivity contribution < 1.29 is 14.6 Å². The molecule has 0 saturated heterocycles. The third kappa shape index (κ3) is 4.84. The predicted molar refractivity (Wildman–Crippen MR) is 122 cm³/mol. The number of anilines is 1. The third-order valence-corrected chi connectivity index (χ3v) is 6.00. The van der Waals surface area contributed by atoms with Crippen molar-refractivity contribution in [3.05, 3.63) is 83.4 Å². The number of amides is 1. The number of methoxy groups -OCH3 is 1. The summed E-state index contributed by atoms with van der Waals surface area (Å²) in [6.45, 7) is 0. The van der Waals surface area contributed by atoms with Crippen LogP contribution in [0.3, 0.4) is 0 Å². The Morgan fingerprint density at radius 3 is 2.56 bits per heavy atom. The fourth-order valence-electron chi connectivity index (χ4n) is 2.97. The van der Waals surface area contributed by atoms with E-state index in [1.165, 1.54) is 23.6 Å². The zero-order chi connectivity index (χ0) is 22.5. The van der Waals surface area contributed by atoms with E-state index in [9.17, 15) is 9.90 Å². The molecular weight excluding hydrogens is 450 g/mol. The van der Waals surface area contributed by atoms with Crippen LogP contribution in [0.5, 0.6) is 11.5 Å². The van der Waals surface area contributed by atoms with E-state index >= 15 is 0 Å². The number of ether oxygens (including phenoxy) is 1. The summed E-state index contributed by atoms with van der Waals surface area (Å²) >= 11 is 7.40. The second-order valence-corrected chi connectivity index (χ2v) is 8.12. The summed E-state index contributed by atoms with van der Waals surface area (Å²) in [5.74, 6) is 0.394. The van der Waals surface area contributed by atoms with Crippen LogP contribution in [0.1, 0.15) is 10.8 Å². The Balaban J connectivity index is 1.63. The summed E-state index contributed by atoms with van der Waals surface area (Å²) in [7, 11) is 1.53. The summed E-state index contributed by atoms with van der Waals surface area (Å²) in [6.07, 6.45) is 0. The molecule has 1 aromatic heterocycles. The average molecular weight is 468 g/mol. The van der Waals surface area contributed by atoms with Gasteiger partial charge in [-0.05, 0) is 58.5 Å². The first-order chi connectivity index (χ1) is 15.5. The molecule has 1 amide bonds. The lowest BCUT2D eigenvalue weighted by molar-refractivity contribution is -0.115. The second kappa shape index (κ2) is 9.71. The van der Waals surface area contributed by atoms with Gasteiger partial charge in [0, 0.05) is 5.69 Å². The van der Waals surface area contributed by atoms with Crippen molar-refractivity contribution in [3.63, 3.8) is 0 Å². The lowest BCUT2D eigenvalue weighted by Gasteiger charge is -2.17. The van der Waals surface area contributed by atoms with Gasteiger partial charge < -0.3 is 15.2 Å². The molecule has 2 N–H and O–H groups in total. The largest absolute Gasteiger partial charge is 0.508 e. The number of carbonyl (C=O) groups is 1. The van der Waals surface area contributed by atoms with E-state index < -0.39 is 5.25 Å². The Labute approximate surface area is 193 Å². The molecule has 0 spiro atoms. The molecule has 0 aliphatic heterocycles. The molecule has 1 atom stereocenters. The Kier molecular flexibility index (Phi) is 6.58. The minimum atomic E-state index is -0.640. The number of thioether (sulfide) groups is 1.